The van der Waals surface area contributed by atoms with Gasteiger partial charge in [-0.15, -0.1) is 11.3 Å². The lowest BCUT2D eigenvalue weighted by molar-refractivity contribution is -0.153. The monoisotopic (exact) mass is 509 g/mol. The first kappa shape index (κ1) is 25.8. The molecular formula is C28H31NO6S. The number of ketones is 1. The Morgan fingerprint density at radius 3 is 2.42 bits per heavy atom. The molecule has 8 heteroatoms. The van der Waals surface area contributed by atoms with E-state index < -0.39 is 35.6 Å². The summed E-state index contributed by atoms with van der Waals surface area (Å²) >= 11 is 1.49. The molecule has 0 spiro atoms. The van der Waals surface area contributed by atoms with Crippen LogP contribution in [0, 0.1) is 18.8 Å². The molecule has 2 aromatic rings. The van der Waals surface area contributed by atoms with Crippen molar-refractivity contribution in [2.45, 2.75) is 46.0 Å². The van der Waals surface area contributed by atoms with Gasteiger partial charge in [0, 0.05) is 28.1 Å². The number of carbonyl (C=O) groups is 3. The van der Waals surface area contributed by atoms with Crippen molar-refractivity contribution in [3.05, 3.63) is 63.0 Å². The minimum Gasteiger partial charge on any atom is -0.496 e. The van der Waals surface area contributed by atoms with Gasteiger partial charge in [0.1, 0.15) is 11.7 Å². The SMILES string of the molecule is CCOC(=O)C1=C(C)N=C2C[C@@H](c3ccccc3OC)[C@@H](C(=O)OCC)C(=O)C2[C@@H]1c1sccc1C. The number of aliphatic imine (C=N–C) groups is 1. The number of ether oxygens (including phenoxy) is 3. The average molecular weight is 510 g/mol. The topological polar surface area (TPSA) is 91.3 Å². The Morgan fingerprint density at radius 2 is 1.78 bits per heavy atom. The second kappa shape index (κ2) is 10.8. The summed E-state index contributed by atoms with van der Waals surface area (Å²) in [5.74, 6) is -3.61. The fourth-order valence-corrected chi connectivity index (χ4v) is 6.48. The molecule has 1 fully saturated rings. The molecule has 2 heterocycles. The molecule has 0 amide bonds. The molecule has 4 rings (SSSR count). The summed E-state index contributed by atoms with van der Waals surface area (Å²) in [6.45, 7) is 7.58. The lowest BCUT2D eigenvalue weighted by Crippen LogP contribution is -2.48. The van der Waals surface area contributed by atoms with Crippen LogP contribution in [-0.2, 0) is 23.9 Å². The van der Waals surface area contributed by atoms with E-state index in [0.717, 1.165) is 16.0 Å². The van der Waals surface area contributed by atoms with Crippen LogP contribution < -0.4 is 4.74 Å². The number of para-hydroxylation sites is 1. The van der Waals surface area contributed by atoms with Gasteiger partial charge in [-0.2, -0.15) is 0 Å². The van der Waals surface area contributed by atoms with Crippen molar-refractivity contribution >= 4 is 34.8 Å². The first-order valence-electron chi connectivity index (χ1n) is 12.2. The van der Waals surface area contributed by atoms with E-state index in [1.54, 1.807) is 27.9 Å². The van der Waals surface area contributed by atoms with E-state index >= 15 is 0 Å². The number of hydrogen-bond acceptors (Lipinski definition) is 8. The lowest BCUT2D eigenvalue weighted by atomic mass is 9.63. The molecule has 4 atom stereocenters. The molecule has 0 radical (unpaired) electrons. The van der Waals surface area contributed by atoms with E-state index in [2.05, 4.69) is 0 Å². The zero-order valence-corrected chi connectivity index (χ0v) is 22.0. The third kappa shape index (κ3) is 4.50. The number of thiophene rings is 1. The van der Waals surface area contributed by atoms with Crippen LogP contribution in [0.4, 0.5) is 0 Å². The number of fused-ring (bicyclic) bond motifs is 1. The Labute approximate surface area is 215 Å². The molecule has 0 saturated heterocycles. The smallest absolute Gasteiger partial charge is 0.336 e. The lowest BCUT2D eigenvalue weighted by Gasteiger charge is -2.41. The van der Waals surface area contributed by atoms with Crippen molar-refractivity contribution in [2.75, 3.05) is 20.3 Å². The second-order valence-electron chi connectivity index (χ2n) is 8.93. The average Bonchev–Trinajstić information content (AvgIpc) is 3.28. The maximum atomic E-state index is 14.3. The number of allylic oxidation sites excluding steroid dienone is 1. The van der Waals surface area contributed by atoms with Gasteiger partial charge in [-0.25, -0.2) is 4.79 Å². The van der Waals surface area contributed by atoms with Crippen LogP contribution in [0.1, 0.15) is 55.0 Å². The van der Waals surface area contributed by atoms with Crippen LogP contribution in [0.5, 0.6) is 5.75 Å². The van der Waals surface area contributed by atoms with Crippen LogP contribution >= 0.6 is 11.3 Å². The third-order valence-corrected chi connectivity index (χ3v) is 8.01. The molecule has 190 valence electrons. The highest BCUT2D eigenvalue weighted by molar-refractivity contribution is 7.10. The highest BCUT2D eigenvalue weighted by Crippen LogP contribution is 2.50. The number of carbonyl (C=O) groups excluding carboxylic acids is 3. The maximum Gasteiger partial charge on any atom is 0.336 e. The Kier molecular flexibility index (Phi) is 7.73. The predicted octanol–water partition coefficient (Wildman–Crippen LogP) is 4.99. The summed E-state index contributed by atoms with van der Waals surface area (Å²) < 4.78 is 16.4. The summed E-state index contributed by atoms with van der Waals surface area (Å²) in [5, 5.41) is 1.95. The first-order valence-corrected chi connectivity index (χ1v) is 13.0. The number of aryl methyl sites for hydroxylation is 1. The Bertz CT molecular complexity index is 1240. The van der Waals surface area contributed by atoms with Gasteiger partial charge in [0.2, 0.25) is 0 Å². The van der Waals surface area contributed by atoms with Gasteiger partial charge < -0.3 is 14.2 Å². The van der Waals surface area contributed by atoms with E-state index in [-0.39, 0.29) is 19.0 Å². The Morgan fingerprint density at radius 1 is 1.06 bits per heavy atom. The predicted molar refractivity (Wildman–Crippen MR) is 138 cm³/mol. The largest absolute Gasteiger partial charge is 0.496 e. The minimum atomic E-state index is -1.05. The summed E-state index contributed by atoms with van der Waals surface area (Å²) in [4.78, 5) is 46.4. The number of rotatable bonds is 7. The van der Waals surface area contributed by atoms with E-state index in [9.17, 15) is 14.4 Å². The van der Waals surface area contributed by atoms with E-state index in [0.29, 0.717) is 29.2 Å². The van der Waals surface area contributed by atoms with Crippen LogP contribution in [0.3, 0.4) is 0 Å². The normalized spacial score (nSPS) is 23.6. The Balaban J connectivity index is 1.91. The molecule has 1 aliphatic carbocycles. The maximum absolute atomic E-state index is 14.3. The molecule has 36 heavy (non-hydrogen) atoms. The highest BCUT2D eigenvalue weighted by atomic mass is 32.1. The summed E-state index contributed by atoms with van der Waals surface area (Å²) in [7, 11) is 1.57. The molecule has 0 N–H and O–H groups in total. The van der Waals surface area contributed by atoms with Gasteiger partial charge >= 0.3 is 11.9 Å². The van der Waals surface area contributed by atoms with E-state index in [1.807, 2.05) is 42.6 Å². The van der Waals surface area contributed by atoms with Gasteiger partial charge in [0.15, 0.2) is 5.78 Å². The van der Waals surface area contributed by atoms with Crippen molar-refractivity contribution in [2.24, 2.45) is 16.8 Å². The number of methoxy groups -OCH3 is 1. The van der Waals surface area contributed by atoms with Crippen molar-refractivity contribution in [1.29, 1.82) is 0 Å². The minimum absolute atomic E-state index is 0.160. The van der Waals surface area contributed by atoms with Crippen molar-refractivity contribution < 1.29 is 28.6 Å². The second-order valence-corrected chi connectivity index (χ2v) is 9.88. The Hall–Kier alpha value is -3.26. The molecule has 2 aliphatic rings. The van der Waals surface area contributed by atoms with Crippen molar-refractivity contribution in [3.63, 3.8) is 0 Å². The molecule has 1 saturated carbocycles. The third-order valence-electron chi connectivity index (χ3n) is 6.91. The van der Waals surface area contributed by atoms with Gasteiger partial charge in [-0.05, 0) is 62.8 Å². The molecule has 1 unspecified atom stereocenters. The number of benzene rings is 1. The summed E-state index contributed by atoms with van der Waals surface area (Å²) in [5.41, 5.74) is 3.32. The van der Waals surface area contributed by atoms with Crippen LogP contribution in [0.15, 0.2) is 52.0 Å². The van der Waals surface area contributed by atoms with Gasteiger partial charge in [0.25, 0.3) is 0 Å². The standard InChI is InChI=1S/C28H31NO6S/c1-6-34-27(31)21-16(4)29-19-14-18(17-10-8-9-11-20(17)33-5)22(28(32)35-7-2)25(30)23(19)24(21)26-15(3)12-13-36-26/h8-13,18,22-24H,6-7,14H2,1-5H3/t18-,22+,23?,24+/m0/s1. The quantitative estimate of drug-likeness (QED) is 0.386. The van der Waals surface area contributed by atoms with Crippen molar-refractivity contribution in [3.8, 4) is 5.75 Å². The van der Waals surface area contributed by atoms with E-state index in [1.165, 1.54) is 11.3 Å². The van der Waals surface area contributed by atoms with Crippen LogP contribution in [0.2, 0.25) is 0 Å². The van der Waals surface area contributed by atoms with Crippen molar-refractivity contribution in [1.82, 2.24) is 0 Å². The molecule has 1 aliphatic heterocycles. The number of hydrogen-bond donors (Lipinski definition) is 0. The molecule has 0 bridgehead atoms. The van der Waals surface area contributed by atoms with Gasteiger partial charge in [-0.1, -0.05) is 18.2 Å². The zero-order chi connectivity index (χ0) is 26.0. The van der Waals surface area contributed by atoms with Crippen LogP contribution in [0.25, 0.3) is 0 Å². The summed E-state index contributed by atoms with van der Waals surface area (Å²) in [6.07, 6.45) is 0.370. The fourth-order valence-electron chi connectivity index (χ4n) is 5.41. The highest BCUT2D eigenvalue weighted by Gasteiger charge is 2.53. The molecular weight excluding hydrogens is 478 g/mol. The van der Waals surface area contributed by atoms with Gasteiger partial charge in [0.05, 0.1) is 31.8 Å². The van der Waals surface area contributed by atoms with E-state index in [4.69, 9.17) is 19.2 Å². The van der Waals surface area contributed by atoms with Crippen LogP contribution in [-0.4, -0.2) is 43.8 Å². The zero-order valence-electron chi connectivity index (χ0n) is 21.2. The summed E-state index contributed by atoms with van der Waals surface area (Å²) in [6, 6.07) is 9.37. The number of Topliss-reactive ketones (excluding diaryl/α,β-unsaturated/α-hetero) is 1. The fraction of sp³-hybridized carbons (Fsp3) is 0.429. The number of nitrogens with zero attached hydrogens (tertiary/aromatic N) is 1. The molecule has 1 aromatic carbocycles. The first-order chi connectivity index (χ1) is 17.3. The van der Waals surface area contributed by atoms with Gasteiger partial charge in [-0.3, -0.25) is 14.6 Å². The molecule has 1 aromatic heterocycles. The molecule has 7 nitrogen and oxygen atoms in total. The number of esters is 2.